The first-order chi connectivity index (χ1) is 10.0. The molecule has 0 radical (unpaired) electrons. The Morgan fingerprint density at radius 3 is 2.57 bits per heavy atom. The minimum absolute atomic E-state index is 0.00776. The SMILES string of the molecule is COc1ccccc1N(C)c1ncnc(OC(C)C)c1N. The molecule has 0 bridgehead atoms. The number of hydrogen-bond donors (Lipinski definition) is 1. The highest BCUT2D eigenvalue weighted by Crippen LogP contribution is 2.36. The third-order valence-electron chi connectivity index (χ3n) is 2.94. The van der Waals surface area contributed by atoms with Crippen LogP contribution in [0.15, 0.2) is 30.6 Å². The van der Waals surface area contributed by atoms with Gasteiger partial charge in [-0.25, -0.2) is 4.98 Å². The zero-order chi connectivity index (χ0) is 15.4. The van der Waals surface area contributed by atoms with Crippen LogP contribution in [-0.2, 0) is 0 Å². The van der Waals surface area contributed by atoms with Crippen molar-refractivity contribution < 1.29 is 9.47 Å². The van der Waals surface area contributed by atoms with E-state index in [0.717, 1.165) is 11.4 Å². The molecule has 0 amide bonds. The lowest BCUT2D eigenvalue weighted by molar-refractivity contribution is 0.234. The normalized spacial score (nSPS) is 10.5. The highest BCUT2D eigenvalue weighted by atomic mass is 16.5. The fourth-order valence-corrected chi connectivity index (χ4v) is 1.98. The van der Waals surface area contributed by atoms with E-state index in [1.165, 1.54) is 6.33 Å². The Labute approximate surface area is 124 Å². The first kappa shape index (κ1) is 14.9. The second-order valence-electron chi connectivity index (χ2n) is 4.81. The summed E-state index contributed by atoms with van der Waals surface area (Å²) >= 11 is 0. The van der Waals surface area contributed by atoms with Gasteiger partial charge in [0.05, 0.1) is 18.9 Å². The van der Waals surface area contributed by atoms with Crippen LogP contribution in [0, 0.1) is 0 Å². The van der Waals surface area contributed by atoms with Crippen molar-refractivity contribution in [3.05, 3.63) is 30.6 Å². The molecule has 1 heterocycles. The summed E-state index contributed by atoms with van der Waals surface area (Å²) in [4.78, 5) is 10.2. The lowest BCUT2D eigenvalue weighted by Crippen LogP contribution is -2.17. The van der Waals surface area contributed by atoms with Gasteiger partial charge in [0.1, 0.15) is 17.8 Å². The van der Waals surface area contributed by atoms with Crippen molar-refractivity contribution in [2.45, 2.75) is 20.0 Å². The molecular weight excluding hydrogens is 268 g/mol. The van der Waals surface area contributed by atoms with E-state index in [9.17, 15) is 0 Å². The van der Waals surface area contributed by atoms with Crippen molar-refractivity contribution >= 4 is 17.2 Å². The summed E-state index contributed by atoms with van der Waals surface area (Å²) in [5.41, 5.74) is 7.39. The van der Waals surface area contributed by atoms with Crippen molar-refractivity contribution in [3.8, 4) is 11.6 Å². The molecule has 21 heavy (non-hydrogen) atoms. The fourth-order valence-electron chi connectivity index (χ4n) is 1.98. The molecular formula is C15H20N4O2. The number of nitrogens with zero attached hydrogens (tertiary/aromatic N) is 3. The van der Waals surface area contributed by atoms with Gasteiger partial charge in [0.15, 0.2) is 5.82 Å². The van der Waals surface area contributed by atoms with Crippen molar-refractivity contribution in [2.75, 3.05) is 24.8 Å². The fraction of sp³-hybridized carbons (Fsp3) is 0.333. The van der Waals surface area contributed by atoms with Crippen LogP contribution in [0.1, 0.15) is 13.8 Å². The molecule has 0 spiro atoms. The van der Waals surface area contributed by atoms with Crippen molar-refractivity contribution in [1.29, 1.82) is 0 Å². The van der Waals surface area contributed by atoms with E-state index >= 15 is 0 Å². The van der Waals surface area contributed by atoms with Crippen LogP contribution in [0.25, 0.3) is 0 Å². The summed E-state index contributed by atoms with van der Waals surface area (Å²) in [6, 6.07) is 7.65. The second-order valence-corrected chi connectivity index (χ2v) is 4.81. The largest absolute Gasteiger partial charge is 0.495 e. The maximum absolute atomic E-state index is 6.13. The lowest BCUT2D eigenvalue weighted by Gasteiger charge is -2.22. The average Bonchev–Trinajstić information content (AvgIpc) is 2.48. The Morgan fingerprint density at radius 2 is 1.90 bits per heavy atom. The van der Waals surface area contributed by atoms with Gasteiger partial charge in [-0.05, 0) is 26.0 Å². The quantitative estimate of drug-likeness (QED) is 0.911. The maximum atomic E-state index is 6.13. The number of anilines is 3. The Hall–Kier alpha value is -2.50. The number of methoxy groups -OCH3 is 1. The molecule has 0 aliphatic rings. The Kier molecular flexibility index (Phi) is 4.47. The minimum Gasteiger partial charge on any atom is -0.495 e. The molecule has 1 aromatic carbocycles. The van der Waals surface area contributed by atoms with E-state index in [0.29, 0.717) is 17.4 Å². The van der Waals surface area contributed by atoms with Gasteiger partial charge >= 0.3 is 0 Å². The first-order valence-corrected chi connectivity index (χ1v) is 6.68. The van der Waals surface area contributed by atoms with Gasteiger partial charge in [0.25, 0.3) is 0 Å². The molecule has 6 heteroatoms. The molecule has 112 valence electrons. The standard InChI is InChI=1S/C15H20N4O2/c1-10(2)21-15-13(16)14(17-9-18-15)19(3)11-7-5-6-8-12(11)20-4/h5-10H,16H2,1-4H3. The number of nitrogens with two attached hydrogens (primary N) is 1. The van der Waals surface area contributed by atoms with Crippen LogP contribution in [0.4, 0.5) is 17.2 Å². The number of aromatic nitrogens is 2. The van der Waals surface area contributed by atoms with Gasteiger partial charge < -0.3 is 20.1 Å². The van der Waals surface area contributed by atoms with Crippen LogP contribution in [-0.4, -0.2) is 30.2 Å². The van der Waals surface area contributed by atoms with Gasteiger partial charge in [-0.15, -0.1) is 0 Å². The predicted molar refractivity (Wildman–Crippen MR) is 83.3 cm³/mol. The van der Waals surface area contributed by atoms with Crippen molar-refractivity contribution in [1.82, 2.24) is 9.97 Å². The summed E-state index contributed by atoms with van der Waals surface area (Å²) in [5.74, 6) is 1.70. The smallest absolute Gasteiger partial charge is 0.242 e. The molecule has 0 aliphatic carbocycles. The third-order valence-corrected chi connectivity index (χ3v) is 2.94. The van der Waals surface area contributed by atoms with E-state index in [2.05, 4.69) is 9.97 Å². The number of nitrogen functional groups attached to an aromatic ring is 1. The van der Waals surface area contributed by atoms with Gasteiger partial charge in [-0.3, -0.25) is 0 Å². The Morgan fingerprint density at radius 1 is 1.19 bits per heavy atom. The summed E-state index contributed by atoms with van der Waals surface area (Å²) in [7, 11) is 3.50. The van der Waals surface area contributed by atoms with Gasteiger partial charge in [-0.1, -0.05) is 12.1 Å². The van der Waals surface area contributed by atoms with Crippen LogP contribution in [0.2, 0.25) is 0 Å². The van der Waals surface area contributed by atoms with Gasteiger partial charge in [-0.2, -0.15) is 4.98 Å². The topological polar surface area (TPSA) is 73.5 Å². The molecule has 2 aromatic rings. The van der Waals surface area contributed by atoms with Gasteiger partial charge in [0.2, 0.25) is 5.88 Å². The van der Waals surface area contributed by atoms with Crippen LogP contribution in [0.3, 0.4) is 0 Å². The van der Waals surface area contributed by atoms with E-state index in [-0.39, 0.29) is 6.10 Å². The molecule has 6 nitrogen and oxygen atoms in total. The van der Waals surface area contributed by atoms with E-state index in [1.54, 1.807) is 7.11 Å². The lowest BCUT2D eigenvalue weighted by atomic mass is 10.2. The Balaban J connectivity index is 2.41. The van der Waals surface area contributed by atoms with Crippen molar-refractivity contribution in [2.24, 2.45) is 0 Å². The summed E-state index contributed by atoms with van der Waals surface area (Å²) in [5, 5.41) is 0. The molecule has 0 aliphatic heterocycles. The molecule has 0 saturated carbocycles. The van der Waals surface area contributed by atoms with Crippen LogP contribution < -0.4 is 20.1 Å². The van der Waals surface area contributed by atoms with Crippen LogP contribution >= 0.6 is 0 Å². The predicted octanol–water partition coefficient (Wildman–Crippen LogP) is 2.62. The highest BCUT2D eigenvalue weighted by Gasteiger charge is 2.17. The van der Waals surface area contributed by atoms with Crippen molar-refractivity contribution in [3.63, 3.8) is 0 Å². The summed E-state index contributed by atoms with van der Waals surface area (Å²) in [6.07, 6.45) is 1.43. The zero-order valence-corrected chi connectivity index (χ0v) is 12.7. The maximum Gasteiger partial charge on any atom is 0.242 e. The van der Waals surface area contributed by atoms with E-state index < -0.39 is 0 Å². The second kappa shape index (κ2) is 6.30. The summed E-state index contributed by atoms with van der Waals surface area (Å²) in [6.45, 7) is 3.84. The molecule has 0 unspecified atom stereocenters. The number of rotatable bonds is 5. The van der Waals surface area contributed by atoms with Gasteiger partial charge in [0, 0.05) is 7.05 Å². The molecule has 2 rings (SSSR count). The zero-order valence-electron chi connectivity index (χ0n) is 12.7. The monoisotopic (exact) mass is 288 g/mol. The molecule has 0 saturated heterocycles. The number of ether oxygens (including phenoxy) is 2. The van der Waals surface area contributed by atoms with E-state index in [1.807, 2.05) is 50.1 Å². The molecule has 1 aromatic heterocycles. The number of hydrogen-bond acceptors (Lipinski definition) is 6. The number of para-hydroxylation sites is 2. The third kappa shape index (κ3) is 3.16. The Bertz CT molecular complexity index is 616. The molecule has 0 atom stereocenters. The molecule has 2 N–H and O–H groups in total. The number of benzene rings is 1. The van der Waals surface area contributed by atoms with Crippen LogP contribution in [0.5, 0.6) is 11.6 Å². The highest BCUT2D eigenvalue weighted by molar-refractivity contribution is 5.76. The van der Waals surface area contributed by atoms with E-state index in [4.69, 9.17) is 15.2 Å². The minimum atomic E-state index is -0.00776. The molecule has 0 fully saturated rings. The summed E-state index contributed by atoms with van der Waals surface area (Å²) < 4.78 is 11.0. The first-order valence-electron chi connectivity index (χ1n) is 6.68. The average molecular weight is 288 g/mol.